The molecule has 9 aromatic carbocycles. The Bertz CT molecular complexity index is 2720. The SMILES string of the molecule is c1ccc2c(c1)NCN2c1ccc(-c2ccc3c(-c4ccc5ccccc5c4)c4ccccc4c(-c4ccc5ccccc5c4)c3c2)cc1. The number of nitrogens with zero attached hydrogens (tertiary/aromatic N) is 1. The lowest BCUT2D eigenvalue weighted by atomic mass is 9.84. The molecule has 49 heavy (non-hydrogen) atoms. The molecule has 0 fully saturated rings. The van der Waals surface area contributed by atoms with Crippen LogP contribution in [0.5, 0.6) is 0 Å². The predicted molar refractivity (Wildman–Crippen MR) is 210 cm³/mol. The summed E-state index contributed by atoms with van der Waals surface area (Å²) < 4.78 is 0. The van der Waals surface area contributed by atoms with E-state index in [2.05, 4.69) is 186 Å². The van der Waals surface area contributed by atoms with Crippen LogP contribution in [0.1, 0.15) is 0 Å². The first-order chi connectivity index (χ1) is 24.3. The fourth-order valence-corrected chi connectivity index (χ4v) is 7.84. The Hall–Kier alpha value is -6.38. The Morgan fingerprint density at radius 1 is 0.367 bits per heavy atom. The number of hydrogen-bond donors (Lipinski definition) is 1. The van der Waals surface area contributed by atoms with Crippen LogP contribution in [0.2, 0.25) is 0 Å². The van der Waals surface area contributed by atoms with Gasteiger partial charge in [-0.15, -0.1) is 0 Å². The average molecular weight is 625 g/mol. The van der Waals surface area contributed by atoms with Crippen molar-refractivity contribution in [1.82, 2.24) is 0 Å². The molecule has 0 spiro atoms. The third-order valence-corrected chi connectivity index (χ3v) is 10.2. The molecule has 0 amide bonds. The van der Waals surface area contributed by atoms with E-state index in [0.29, 0.717) is 0 Å². The number of benzene rings is 9. The minimum absolute atomic E-state index is 0.772. The van der Waals surface area contributed by atoms with Gasteiger partial charge in [-0.2, -0.15) is 0 Å². The third kappa shape index (κ3) is 4.57. The Morgan fingerprint density at radius 3 is 1.55 bits per heavy atom. The first kappa shape index (κ1) is 27.7. The van der Waals surface area contributed by atoms with Crippen LogP contribution in [0.15, 0.2) is 176 Å². The van der Waals surface area contributed by atoms with Gasteiger partial charge < -0.3 is 10.2 Å². The van der Waals surface area contributed by atoms with Crippen LogP contribution in [0.4, 0.5) is 17.1 Å². The summed E-state index contributed by atoms with van der Waals surface area (Å²) in [7, 11) is 0. The van der Waals surface area contributed by atoms with Crippen LogP contribution < -0.4 is 10.2 Å². The van der Waals surface area contributed by atoms with E-state index in [4.69, 9.17) is 0 Å². The number of nitrogens with one attached hydrogen (secondary N) is 1. The predicted octanol–water partition coefficient (Wildman–Crippen LogP) is 12.8. The van der Waals surface area contributed by atoms with Gasteiger partial charge in [0.1, 0.15) is 0 Å². The van der Waals surface area contributed by atoms with Crippen molar-refractivity contribution in [2.75, 3.05) is 16.9 Å². The van der Waals surface area contributed by atoms with Gasteiger partial charge in [-0.3, -0.25) is 0 Å². The lowest BCUT2D eigenvalue weighted by Crippen LogP contribution is -2.16. The van der Waals surface area contributed by atoms with Crippen molar-refractivity contribution >= 4 is 60.2 Å². The fraction of sp³-hybridized carbons (Fsp3) is 0.0213. The molecule has 0 unspecified atom stereocenters. The molecule has 2 heteroatoms. The first-order valence-corrected chi connectivity index (χ1v) is 17.0. The quantitative estimate of drug-likeness (QED) is 0.196. The van der Waals surface area contributed by atoms with Crippen molar-refractivity contribution in [1.29, 1.82) is 0 Å². The van der Waals surface area contributed by atoms with Gasteiger partial charge in [0.2, 0.25) is 0 Å². The molecular formula is C47H32N2. The number of fused-ring (bicyclic) bond motifs is 5. The molecule has 9 aromatic rings. The summed E-state index contributed by atoms with van der Waals surface area (Å²) in [5, 5.41) is 13.6. The zero-order valence-corrected chi connectivity index (χ0v) is 26.9. The Labute approximate surface area is 285 Å². The van der Waals surface area contributed by atoms with Crippen LogP contribution in [-0.2, 0) is 0 Å². The lowest BCUT2D eigenvalue weighted by molar-refractivity contribution is 1.10. The highest BCUT2D eigenvalue weighted by Gasteiger charge is 2.20. The van der Waals surface area contributed by atoms with Gasteiger partial charge >= 0.3 is 0 Å². The average Bonchev–Trinajstić information content (AvgIpc) is 3.61. The van der Waals surface area contributed by atoms with E-state index in [1.54, 1.807) is 0 Å². The van der Waals surface area contributed by atoms with Gasteiger partial charge in [-0.1, -0.05) is 133 Å². The standard InChI is InChI=1S/C47H32N2/c1-3-11-34-27-37(19-17-31(34)9-1)46-40-13-5-6-14-41(40)47(38-20-18-32-10-2-4-12-35(32)28-38)43-29-36(23-26-42(43)46)33-21-24-39(25-22-33)49-30-48-44-15-7-8-16-45(44)49/h1-29,48H,30H2. The molecule has 10 rings (SSSR count). The van der Waals surface area contributed by atoms with Crippen molar-refractivity contribution < 1.29 is 0 Å². The molecule has 1 aliphatic heterocycles. The summed E-state index contributed by atoms with van der Waals surface area (Å²) in [5.41, 5.74) is 11.0. The summed E-state index contributed by atoms with van der Waals surface area (Å²) in [6.45, 7) is 0.772. The third-order valence-electron chi connectivity index (χ3n) is 10.2. The minimum atomic E-state index is 0.772. The Morgan fingerprint density at radius 2 is 0.878 bits per heavy atom. The maximum atomic E-state index is 3.52. The van der Waals surface area contributed by atoms with Gasteiger partial charge in [0, 0.05) is 5.69 Å². The van der Waals surface area contributed by atoms with Crippen LogP contribution in [0.25, 0.3) is 76.5 Å². The van der Waals surface area contributed by atoms with Crippen LogP contribution >= 0.6 is 0 Å². The van der Waals surface area contributed by atoms with Gasteiger partial charge in [0.15, 0.2) is 0 Å². The second-order valence-electron chi connectivity index (χ2n) is 13.0. The summed E-state index contributed by atoms with van der Waals surface area (Å²) in [4.78, 5) is 2.33. The van der Waals surface area contributed by atoms with Crippen molar-refractivity contribution in [3.05, 3.63) is 176 Å². The second-order valence-corrected chi connectivity index (χ2v) is 13.0. The first-order valence-electron chi connectivity index (χ1n) is 17.0. The Kier molecular flexibility index (Phi) is 6.28. The molecule has 0 bridgehead atoms. The highest BCUT2D eigenvalue weighted by molar-refractivity contribution is 6.22. The highest BCUT2D eigenvalue weighted by atomic mass is 15.3. The van der Waals surface area contributed by atoms with Crippen molar-refractivity contribution in [2.24, 2.45) is 0 Å². The molecule has 0 radical (unpaired) electrons. The molecule has 1 N–H and O–H groups in total. The van der Waals surface area contributed by atoms with E-state index >= 15 is 0 Å². The minimum Gasteiger partial charge on any atom is -0.366 e. The number of para-hydroxylation sites is 2. The molecule has 0 aliphatic carbocycles. The normalized spacial score (nSPS) is 12.5. The van der Waals surface area contributed by atoms with E-state index in [1.165, 1.54) is 93.5 Å². The maximum Gasteiger partial charge on any atom is 0.0926 e. The van der Waals surface area contributed by atoms with Gasteiger partial charge in [-0.05, 0) is 119 Å². The van der Waals surface area contributed by atoms with Gasteiger partial charge in [-0.25, -0.2) is 0 Å². The van der Waals surface area contributed by atoms with Crippen molar-refractivity contribution in [2.45, 2.75) is 0 Å². The molecule has 0 saturated heterocycles. The summed E-state index contributed by atoms with van der Waals surface area (Å²) >= 11 is 0. The summed E-state index contributed by atoms with van der Waals surface area (Å²) in [6.07, 6.45) is 0. The van der Waals surface area contributed by atoms with E-state index in [9.17, 15) is 0 Å². The second kappa shape index (κ2) is 11.1. The molecule has 1 heterocycles. The number of anilines is 3. The zero-order valence-electron chi connectivity index (χ0n) is 26.9. The summed E-state index contributed by atoms with van der Waals surface area (Å²) in [5.74, 6) is 0. The molecule has 0 aromatic heterocycles. The monoisotopic (exact) mass is 624 g/mol. The molecule has 230 valence electrons. The molecule has 2 nitrogen and oxygen atoms in total. The van der Waals surface area contributed by atoms with Gasteiger partial charge in [0.05, 0.1) is 18.0 Å². The molecule has 1 aliphatic rings. The van der Waals surface area contributed by atoms with Crippen LogP contribution in [0, 0.1) is 0 Å². The van der Waals surface area contributed by atoms with Crippen LogP contribution in [0.3, 0.4) is 0 Å². The smallest absolute Gasteiger partial charge is 0.0926 e. The Balaban J connectivity index is 1.20. The van der Waals surface area contributed by atoms with E-state index < -0.39 is 0 Å². The molecule has 0 atom stereocenters. The van der Waals surface area contributed by atoms with Gasteiger partial charge in [0.25, 0.3) is 0 Å². The lowest BCUT2D eigenvalue weighted by Gasteiger charge is -2.20. The highest BCUT2D eigenvalue weighted by Crippen LogP contribution is 2.46. The fourth-order valence-electron chi connectivity index (χ4n) is 7.84. The van der Waals surface area contributed by atoms with E-state index in [-0.39, 0.29) is 0 Å². The van der Waals surface area contributed by atoms with Crippen molar-refractivity contribution in [3.63, 3.8) is 0 Å². The van der Waals surface area contributed by atoms with Crippen LogP contribution in [-0.4, -0.2) is 6.67 Å². The molecule has 0 saturated carbocycles. The number of rotatable bonds is 4. The summed E-state index contributed by atoms with van der Waals surface area (Å²) in [6, 6.07) is 64.6. The largest absolute Gasteiger partial charge is 0.366 e. The van der Waals surface area contributed by atoms with E-state index in [1.807, 2.05) is 0 Å². The maximum absolute atomic E-state index is 3.52. The zero-order chi connectivity index (χ0) is 32.3. The topological polar surface area (TPSA) is 15.3 Å². The number of hydrogen-bond acceptors (Lipinski definition) is 2. The van der Waals surface area contributed by atoms with E-state index in [0.717, 1.165) is 6.67 Å². The van der Waals surface area contributed by atoms with Crippen molar-refractivity contribution in [3.8, 4) is 33.4 Å². The molecular weight excluding hydrogens is 593 g/mol.